The van der Waals surface area contributed by atoms with Crippen LogP contribution in [0.2, 0.25) is 0 Å². The zero-order valence-electron chi connectivity index (χ0n) is 14.8. The molecule has 1 aliphatic heterocycles. The predicted molar refractivity (Wildman–Crippen MR) is 103 cm³/mol. The Balaban J connectivity index is 1.39. The minimum atomic E-state index is -0.122. The first-order valence-electron chi connectivity index (χ1n) is 8.79. The molecule has 4 rings (SSSR count). The number of benzene rings is 1. The van der Waals surface area contributed by atoms with Gasteiger partial charge < -0.3 is 15.1 Å². The summed E-state index contributed by atoms with van der Waals surface area (Å²) in [4.78, 5) is 28.3. The molecule has 1 atom stereocenters. The monoisotopic (exact) mass is 381 g/mol. The number of rotatable bonds is 5. The average molecular weight is 381 g/mol. The molecule has 0 saturated carbocycles. The summed E-state index contributed by atoms with van der Waals surface area (Å²) in [6.45, 7) is 1.95. The number of furan rings is 1. The van der Waals surface area contributed by atoms with E-state index < -0.39 is 0 Å². The Morgan fingerprint density at radius 3 is 3.07 bits per heavy atom. The summed E-state index contributed by atoms with van der Waals surface area (Å²) >= 11 is 1.46. The summed E-state index contributed by atoms with van der Waals surface area (Å²) in [5.41, 5.74) is 3.72. The lowest BCUT2D eigenvalue weighted by Crippen LogP contribution is -2.28. The SMILES string of the molecule is CC(NC(=O)Cc1csc(-c2ccco2)n1)c1ccc2c(c1)CCC(=O)N2. The van der Waals surface area contributed by atoms with Gasteiger partial charge in [-0.25, -0.2) is 4.98 Å². The number of thiazole rings is 1. The number of hydrogen-bond acceptors (Lipinski definition) is 5. The molecular formula is C20H19N3O3S. The first-order valence-corrected chi connectivity index (χ1v) is 9.67. The topological polar surface area (TPSA) is 84.2 Å². The number of hydrogen-bond donors (Lipinski definition) is 2. The smallest absolute Gasteiger partial charge is 0.226 e. The Bertz CT molecular complexity index is 978. The van der Waals surface area contributed by atoms with E-state index in [-0.39, 0.29) is 24.3 Å². The summed E-state index contributed by atoms with van der Waals surface area (Å²) < 4.78 is 5.33. The van der Waals surface area contributed by atoms with Crippen molar-refractivity contribution in [3.05, 3.63) is 58.8 Å². The van der Waals surface area contributed by atoms with Crippen molar-refractivity contribution in [2.24, 2.45) is 0 Å². The van der Waals surface area contributed by atoms with Crippen LogP contribution in [-0.4, -0.2) is 16.8 Å². The van der Waals surface area contributed by atoms with E-state index in [0.717, 1.165) is 33.9 Å². The van der Waals surface area contributed by atoms with E-state index in [1.54, 1.807) is 6.26 Å². The quantitative estimate of drug-likeness (QED) is 0.706. The molecule has 2 aromatic heterocycles. The molecular weight excluding hydrogens is 362 g/mol. The van der Waals surface area contributed by atoms with Crippen LogP contribution in [0.25, 0.3) is 10.8 Å². The largest absolute Gasteiger partial charge is 0.462 e. The third-order valence-electron chi connectivity index (χ3n) is 4.53. The maximum atomic E-state index is 12.4. The summed E-state index contributed by atoms with van der Waals surface area (Å²) in [6, 6.07) is 9.44. The van der Waals surface area contributed by atoms with E-state index in [1.807, 2.05) is 36.6 Å². The van der Waals surface area contributed by atoms with Gasteiger partial charge in [-0.3, -0.25) is 9.59 Å². The molecule has 0 saturated heterocycles. The highest BCUT2D eigenvalue weighted by Gasteiger charge is 2.18. The van der Waals surface area contributed by atoms with E-state index in [9.17, 15) is 9.59 Å². The molecule has 7 heteroatoms. The predicted octanol–water partition coefficient (Wildman–Crippen LogP) is 3.71. The number of aromatic nitrogens is 1. The highest BCUT2D eigenvalue weighted by atomic mass is 32.1. The first kappa shape index (κ1) is 17.5. The summed E-state index contributed by atoms with van der Waals surface area (Å²) in [7, 11) is 0. The number of aryl methyl sites for hydroxylation is 1. The van der Waals surface area contributed by atoms with E-state index in [4.69, 9.17) is 4.42 Å². The number of fused-ring (bicyclic) bond motifs is 1. The molecule has 27 heavy (non-hydrogen) atoms. The molecule has 1 unspecified atom stereocenters. The van der Waals surface area contributed by atoms with E-state index in [0.29, 0.717) is 12.2 Å². The van der Waals surface area contributed by atoms with Crippen LogP contribution in [0.3, 0.4) is 0 Å². The fourth-order valence-electron chi connectivity index (χ4n) is 3.11. The molecule has 3 heterocycles. The third-order valence-corrected chi connectivity index (χ3v) is 5.43. The maximum Gasteiger partial charge on any atom is 0.226 e. The number of anilines is 1. The van der Waals surface area contributed by atoms with E-state index >= 15 is 0 Å². The molecule has 1 aliphatic rings. The maximum absolute atomic E-state index is 12.4. The van der Waals surface area contributed by atoms with E-state index in [2.05, 4.69) is 21.7 Å². The van der Waals surface area contributed by atoms with Gasteiger partial charge in [0, 0.05) is 17.5 Å². The lowest BCUT2D eigenvalue weighted by Gasteiger charge is -2.20. The van der Waals surface area contributed by atoms with Crippen molar-refractivity contribution < 1.29 is 14.0 Å². The Hall–Kier alpha value is -2.93. The molecule has 0 bridgehead atoms. The van der Waals surface area contributed by atoms with Crippen LogP contribution in [0.4, 0.5) is 5.69 Å². The molecule has 3 aromatic rings. The Morgan fingerprint density at radius 1 is 1.37 bits per heavy atom. The molecule has 2 amide bonds. The van der Waals surface area contributed by atoms with Crippen LogP contribution in [-0.2, 0) is 22.4 Å². The van der Waals surface area contributed by atoms with Crippen molar-refractivity contribution in [2.45, 2.75) is 32.2 Å². The Morgan fingerprint density at radius 2 is 2.26 bits per heavy atom. The highest BCUT2D eigenvalue weighted by Crippen LogP contribution is 2.27. The van der Waals surface area contributed by atoms with Gasteiger partial charge >= 0.3 is 0 Å². The number of nitrogens with one attached hydrogen (secondary N) is 2. The second-order valence-corrected chi connectivity index (χ2v) is 7.41. The van der Waals surface area contributed by atoms with Crippen LogP contribution in [0.1, 0.15) is 36.2 Å². The molecule has 0 radical (unpaired) electrons. The van der Waals surface area contributed by atoms with Crippen molar-refractivity contribution in [2.75, 3.05) is 5.32 Å². The van der Waals surface area contributed by atoms with Crippen molar-refractivity contribution in [3.63, 3.8) is 0 Å². The van der Waals surface area contributed by atoms with Crippen LogP contribution < -0.4 is 10.6 Å². The Kier molecular flexibility index (Phi) is 4.77. The van der Waals surface area contributed by atoms with Crippen LogP contribution >= 0.6 is 11.3 Å². The number of nitrogens with zero attached hydrogens (tertiary/aromatic N) is 1. The minimum Gasteiger partial charge on any atom is -0.462 e. The zero-order valence-corrected chi connectivity index (χ0v) is 15.6. The fraction of sp³-hybridized carbons (Fsp3) is 0.250. The molecule has 0 aliphatic carbocycles. The molecule has 1 aromatic carbocycles. The van der Waals surface area contributed by atoms with Gasteiger partial charge in [0.05, 0.1) is 24.4 Å². The van der Waals surface area contributed by atoms with Crippen LogP contribution in [0, 0.1) is 0 Å². The van der Waals surface area contributed by atoms with Gasteiger partial charge in [0.2, 0.25) is 11.8 Å². The van der Waals surface area contributed by atoms with E-state index in [1.165, 1.54) is 11.3 Å². The third kappa shape index (κ3) is 3.93. The van der Waals surface area contributed by atoms with Crippen molar-refractivity contribution in [1.29, 1.82) is 0 Å². The average Bonchev–Trinajstić information content (AvgIpc) is 3.32. The lowest BCUT2D eigenvalue weighted by molar-refractivity contribution is -0.121. The zero-order chi connectivity index (χ0) is 18.8. The second kappa shape index (κ2) is 7.36. The first-order chi connectivity index (χ1) is 13.1. The summed E-state index contributed by atoms with van der Waals surface area (Å²) in [6.07, 6.45) is 3.06. The van der Waals surface area contributed by atoms with Gasteiger partial charge in [-0.15, -0.1) is 11.3 Å². The standard InChI is InChI=1S/C20H19N3O3S/c1-12(13-4-6-16-14(9-13)5-7-18(24)23-16)21-19(25)10-15-11-27-20(22-15)17-3-2-8-26-17/h2-4,6,8-9,11-12H,5,7,10H2,1H3,(H,21,25)(H,23,24). The lowest BCUT2D eigenvalue weighted by atomic mass is 9.98. The number of amides is 2. The fourth-order valence-corrected chi connectivity index (χ4v) is 3.90. The van der Waals surface area contributed by atoms with Gasteiger partial charge in [0.15, 0.2) is 10.8 Å². The van der Waals surface area contributed by atoms with Gasteiger partial charge in [-0.05, 0) is 42.7 Å². The molecule has 0 fully saturated rings. The van der Waals surface area contributed by atoms with Crippen molar-refractivity contribution in [3.8, 4) is 10.8 Å². The Labute approximate surface area is 160 Å². The minimum absolute atomic E-state index is 0.0498. The van der Waals surface area contributed by atoms with Gasteiger partial charge in [-0.2, -0.15) is 0 Å². The highest BCUT2D eigenvalue weighted by molar-refractivity contribution is 7.13. The van der Waals surface area contributed by atoms with Crippen LogP contribution in [0.15, 0.2) is 46.4 Å². The van der Waals surface area contributed by atoms with Crippen molar-refractivity contribution >= 4 is 28.8 Å². The number of carbonyl (C=O) groups is 2. The normalized spacial score (nSPS) is 14.3. The molecule has 2 N–H and O–H groups in total. The van der Waals surface area contributed by atoms with Crippen molar-refractivity contribution in [1.82, 2.24) is 10.3 Å². The summed E-state index contributed by atoms with van der Waals surface area (Å²) in [5.74, 6) is 0.680. The number of carbonyl (C=O) groups excluding carboxylic acids is 2. The van der Waals surface area contributed by atoms with Gasteiger partial charge in [0.1, 0.15) is 0 Å². The molecule has 6 nitrogen and oxygen atoms in total. The second-order valence-electron chi connectivity index (χ2n) is 6.55. The van der Waals surface area contributed by atoms with Gasteiger partial charge in [0.25, 0.3) is 0 Å². The van der Waals surface area contributed by atoms with Crippen LogP contribution in [0.5, 0.6) is 0 Å². The molecule has 0 spiro atoms. The summed E-state index contributed by atoms with van der Waals surface area (Å²) in [5, 5.41) is 8.54. The molecule has 138 valence electrons. The van der Waals surface area contributed by atoms with Gasteiger partial charge in [-0.1, -0.05) is 12.1 Å².